The highest BCUT2D eigenvalue weighted by atomic mass is 16.3. The van der Waals surface area contributed by atoms with Crippen molar-refractivity contribution >= 4 is 0 Å². The Hall–Kier alpha value is -0.900. The molecule has 2 unspecified atom stereocenters. The first kappa shape index (κ1) is 19.9. The van der Waals surface area contributed by atoms with Gasteiger partial charge < -0.3 is 15.3 Å². The lowest BCUT2D eigenvalue weighted by Gasteiger charge is -2.45. The van der Waals surface area contributed by atoms with Gasteiger partial charge in [-0.2, -0.15) is 0 Å². The molecule has 0 amide bonds. The van der Waals surface area contributed by atoms with Gasteiger partial charge in [0.15, 0.2) is 0 Å². The van der Waals surface area contributed by atoms with Crippen LogP contribution in [0.15, 0.2) is 34.4 Å². The van der Waals surface area contributed by atoms with E-state index in [0.29, 0.717) is 12.3 Å². The summed E-state index contributed by atoms with van der Waals surface area (Å²) in [6, 6.07) is 0. The van der Waals surface area contributed by atoms with Crippen molar-refractivity contribution in [1.82, 2.24) is 0 Å². The van der Waals surface area contributed by atoms with Crippen LogP contribution >= 0.6 is 0 Å². The van der Waals surface area contributed by atoms with Crippen molar-refractivity contribution in [2.24, 2.45) is 17.3 Å². The van der Waals surface area contributed by atoms with Crippen LogP contribution in [0.4, 0.5) is 0 Å². The maximum absolute atomic E-state index is 11.1. The molecule has 146 valence electrons. The summed E-state index contributed by atoms with van der Waals surface area (Å²) in [5, 5.41) is 32.8. The number of allylic oxidation sites excluding steroid dienone is 2. The number of aliphatic hydroxyl groups is 3. The van der Waals surface area contributed by atoms with Gasteiger partial charge in [-0.05, 0) is 80.8 Å². The molecule has 3 rings (SSSR count). The third-order valence-corrected chi connectivity index (χ3v) is 7.25. The van der Waals surface area contributed by atoms with E-state index in [2.05, 4.69) is 26.8 Å². The van der Waals surface area contributed by atoms with E-state index in [9.17, 15) is 15.3 Å². The van der Waals surface area contributed by atoms with Gasteiger partial charge in [0.25, 0.3) is 0 Å². The Kier molecular flexibility index (Phi) is 5.81. The fraction of sp³-hybridized carbons (Fsp3) is 0.739. The van der Waals surface area contributed by atoms with Gasteiger partial charge in [0.1, 0.15) is 0 Å². The Labute approximate surface area is 158 Å². The minimum atomic E-state index is -0.691. The molecule has 0 aliphatic heterocycles. The summed E-state index contributed by atoms with van der Waals surface area (Å²) in [6.45, 7) is 8.35. The number of hydrogen-bond acceptors (Lipinski definition) is 3. The highest BCUT2D eigenvalue weighted by Crippen LogP contribution is 2.49. The van der Waals surface area contributed by atoms with Gasteiger partial charge in [0, 0.05) is 0 Å². The predicted molar refractivity (Wildman–Crippen MR) is 106 cm³/mol. The summed E-state index contributed by atoms with van der Waals surface area (Å²) in [6.07, 6.45) is 9.29. The van der Waals surface area contributed by atoms with Crippen LogP contribution in [-0.4, -0.2) is 33.6 Å². The summed E-state index contributed by atoms with van der Waals surface area (Å²) in [5.41, 5.74) is 4.17. The van der Waals surface area contributed by atoms with Crippen molar-refractivity contribution in [3.63, 3.8) is 0 Å². The number of hydrogen-bond donors (Lipinski definition) is 3. The number of rotatable bonds is 0. The zero-order valence-corrected chi connectivity index (χ0v) is 16.8. The Morgan fingerprint density at radius 2 is 1.69 bits per heavy atom. The summed E-state index contributed by atoms with van der Waals surface area (Å²) in [7, 11) is 0. The third-order valence-electron chi connectivity index (χ3n) is 7.25. The zero-order chi connectivity index (χ0) is 19.1. The SMILES string of the molecule is CC1=C2[C@@H](O)/C=C(/C)[C@@H](O)CC3CCCC/C3=C/C(O)[C@H](CC1)C2(C)C. The molecule has 3 heteroatoms. The van der Waals surface area contributed by atoms with Crippen molar-refractivity contribution < 1.29 is 15.3 Å². The monoisotopic (exact) mass is 360 g/mol. The van der Waals surface area contributed by atoms with E-state index >= 15 is 0 Å². The van der Waals surface area contributed by atoms with Crippen molar-refractivity contribution in [1.29, 1.82) is 0 Å². The van der Waals surface area contributed by atoms with Gasteiger partial charge in [-0.15, -0.1) is 0 Å². The fourth-order valence-electron chi connectivity index (χ4n) is 5.68. The number of fused-ring (bicyclic) bond motifs is 3. The van der Waals surface area contributed by atoms with Crippen molar-refractivity contribution in [3.05, 3.63) is 34.4 Å². The van der Waals surface area contributed by atoms with Crippen LogP contribution in [0.25, 0.3) is 0 Å². The topological polar surface area (TPSA) is 60.7 Å². The van der Waals surface area contributed by atoms with E-state index in [1.807, 2.05) is 13.0 Å². The normalized spacial score (nSPS) is 42.5. The summed E-state index contributed by atoms with van der Waals surface area (Å²) in [5.74, 6) is 0.459. The Balaban J connectivity index is 2.08. The molecule has 3 aliphatic rings. The first-order valence-electron chi connectivity index (χ1n) is 10.3. The third kappa shape index (κ3) is 3.72. The molecule has 0 aromatic rings. The van der Waals surface area contributed by atoms with Gasteiger partial charge in [-0.3, -0.25) is 0 Å². The molecule has 26 heavy (non-hydrogen) atoms. The molecule has 1 fully saturated rings. The Morgan fingerprint density at radius 3 is 2.42 bits per heavy atom. The van der Waals surface area contributed by atoms with Crippen molar-refractivity contribution in [2.45, 2.75) is 91.0 Å². The highest BCUT2D eigenvalue weighted by Gasteiger charge is 2.43. The minimum absolute atomic E-state index is 0.115. The molecule has 3 aliphatic carbocycles. The van der Waals surface area contributed by atoms with Crippen molar-refractivity contribution in [2.75, 3.05) is 0 Å². The van der Waals surface area contributed by atoms with Crippen LogP contribution in [-0.2, 0) is 0 Å². The Morgan fingerprint density at radius 1 is 0.962 bits per heavy atom. The lowest BCUT2D eigenvalue weighted by atomic mass is 9.61. The fourth-order valence-corrected chi connectivity index (χ4v) is 5.68. The quantitative estimate of drug-likeness (QED) is 0.565. The molecular formula is C23H36O3. The lowest BCUT2D eigenvalue weighted by molar-refractivity contribution is 0.0563. The maximum atomic E-state index is 11.1. The predicted octanol–water partition coefficient (Wildman–Crippen LogP) is 4.29. The van der Waals surface area contributed by atoms with Crippen LogP contribution in [0, 0.1) is 17.3 Å². The van der Waals surface area contributed by atoms with Crippen LogP contribution in [0.1, 0.15) is 72.6 Å². The van der Waals surface area contributed by atoms with E-state index in [1.165, 1.54) is 24.0 Å². The first-order chi connectivity index (χ1) is 12.2. The highest BCUT2D eigenvalue weighted by molar-refractivity contribution is 5.33. The van der Waals surface area contributed by atoms with E-state index in [4.69, 9.17) is 0 Å². The summed E-state index contributed by atoms with van der Waals surface area (Å²) >= 11 is 0. The molecular weight excluding hydrogens is 324 g/mol. The molecule has 3 nitrogen and oxygen atoms in total. The minimum Gasteiger partial charge on any atom is -0.389 e. The maximum Gasteiger partial charge on any atom is 0.0943 e. The van der Waals surface area contributed by atoms with Crippen LogP contribution in [0.5, 0.6) is 0 Å². The van der Waals surface area contributed by atoms with Crippen LogP contribution in [0.2, 0.25) is 0 Å². The van der Waals surface area contributed by atoms with E-state index < -0.39 is 18.3 Å². The lowest BCUT2D eigenvalue weighted by Crippen LogP contribution is -2.41. The zero-order valence-electron chi connectivity index (χ0n) is 16.8. The molecule has 0 heterocycles. The Bertz CT molecular complexity index is 625. The molecule has 5 atom stereocenters. The van der Waals surface area contributed by atoms with E-state index in [1.54, 1.807) is 0 Å². The van der Waals surface area contributed by atoms with Gasteiger partial charge in [-0.1, -0.05) is 43.6 Å². The smallest absolute Gasteiger partial charge is 0.0943 e. The van der Waals surface area contributed by atoms with Gasteiger partial charge in [0.05, 0.1) is 18.3 Å². The first-order valence-corrected chi connectivity index (χ1v) is 10.3. The summed E-state index contributed by atoms with van der Waals surface area (Å²) < 4.78 is 0. The molecule has 1 saturated carbocycles. The second-order valence-electron chi connectivity index (χ2n) is 9.34. The molecule has 0 radical (unpaired) electrons. The second-order valence-corrected chi connectivity index (χ2v) is 9.34. The van der Waals surface area contributed by atoms with Gasteiger partial charge in [0.2, 0.25) is 0 Å². The van der Waals surface area contributed by atoms with Crippen LogP contribution < -0.4 is 0 Å². The number of aliphatic hydroxyl groups excluding tert-OH is 3. The molecule has 3 N–H and O–H groups in total. The molecule has 0 saturated heterocycles. The van der Waals surface area contributed by atoms with Gasteiger partial charge >= 0.3 is 0 Å². The van der Waals surface area contributed by atoms with E-state index in [0.717, 1.165) is 36.8 Å². The standard InChI is InChI=1S/C23H36O3/c1-14-9-10-18-20(25)13-17-8-6-5-7-16(17)12-19(24)15(2)11-21(26)22(14)23(18,3)4/h11,13,16,18-21,24-26H,5-10,12H2,1-4H3/b15-11-,17-13-/t16?,18-,19-,20?,21-/m0/s1. The van der Waals surface area contributed by atoms with E-state index in [-0.39, 0.29) is 11.3 Å². The average Bonchev–Trinajstić information content (AvgIpc) is 2.54. The molecule has 0 spiro atoms. The van der Waals surface area contributed by atoms with Crippen LogP contribution in [0.3, 0.4) is 0 Å². The second kappa shape index (κ2) is 7.61. The average molecular weight is 361 g/mol. The van der Waals surface area contributed by atoms with Gasteiger partial charge in [-0.25, -0.2) is 0 Å². The van der Waals surface area contributed by atoms with Crippen molar-refractivity contribution in [3.8, 4) is 0 Å². The molecule has 0 aromatic carbocycles. The largest absolute Gasteiger partial charge is 0.389 e. The molecule has 2 bridgehead atoms. The molecule has 0 aromatic heterocycles. The summed E-state index contributed by atoms with van der Waals surface area (Å²) in [4.78, 5) is 0.